The summed E-state index contributed by atoms with van der Waals surface area (Å²) < 4.78 is 27.2. The highest BCUT2D eigenvalue weighted by Gasteiger charge is 2.16. The van der Waals surface area contributed by atoms with Crippen LogP contribution in [-0.2, 0) is 14.8 Å². The van der Waals surface area contributed by atoms with Crippen LogP contribution >= 0.6 is 0 Å². The van der Waals surface area contributed by atoms with Crippen molar-refractivity contribution in [3.05, 3.63) is 59.7 Å². The minimum Gasteiger partial charge on any atom is -0.311 e. The van der Waals surface area contributed by atoms with Crippen LogP contribution in [-0.4, -0.2) is 27.4 Å². The van der Waals surface area contributed by atoms with Gasteiger partial charge >= 0.3 is 0 Å². The molecule has 1 N–H and O–H groups in total. The number of hydrogen-bond donors (Lipinski definition) is 1. The first-order valence-corrected chi connectivity index (χ1v) is 9.19. The van der Waals surface area contributed by atoms with Gasteiger partial charge in [0, 0.05) is 25.7 Å². The SMILES string of the molecule is CC(=O)N(CCNS(=O)(=O)c1cccc(C)c1)c1cccc(C)c1. The Balaban J connectivity index is 2.07. The number of benzene rings is 2. The standard InChI is InChI=1S/C18H22N2O3S/c1-14-6-4-8-17(12-14)20(16(3)21)11-10-19-24(22,23)18-9-5-7-15(2)13-18/h4-9,12-13,19H,10-11H2,1-3H3. The van der Waals surface area contributed by atoms with E-state index in [1.54, 1.807) is 23.1 Å². The summed E-state index contributed by atoms with van der Waals surface area (Å²) in [5.41, 5.74) is 2.68. The van der Waals surface area contributed by atoms with Gasteiger partial charge in [-0.1, -0.05) is 24.3 Å². The average Bonchev–Trinajstić information content (AvgIpc) is 2.51. The molecule has 1 amide bonds. The summed E-state index contributed by atoms with van der Waals surface area (Å²) in [6, 6.07) is 14.3. The van der Waals surface area contributed by atoms with E-state index in [2.05, 4.69) is 4.72 Å². The molecule has 0 spiro atoms. The minimum atomic E-state index is -3.58. The molecular formula is C18H22N2O3S. The predicted molar refractivity (Wildman–Crippen MR) is 95.6 cm³/mol. The van der Waals surface area contributed by atoms with Crippen molar-refractivity contribution < 1.29 is 13.2 Å². The molecule has 24 heavy (non-hydrogen) atoms. The van der Waals surface area contributed by atoms with Crippen LogP contribution in [0.5, 0.6) is 0 Å². The second kappa shape index (κ2) is 7.59. The Labute approximate surface area is 143 Å². The van der Waals surface area contributed by atoms with Crippen LogP contribution in [0, 0.1) is 13.8 Å². The molecule has 0 saturated carbocycles. The summed E-state index contributed by atoms with van der Waals surface area (Å²) in [6.07, 6.45) is 0. The summed E-state index contributed by atoms with van der Waals surface area (Å²) in [6.45, 7) is 5.67. The molecule has 128 valence electrons. The number of carbonyl (C=O) groups is 1. The first kappa shape index (κ1) is 18.2. The third kappa shape index (κ3) is 4.66. The predicted octanol–water partition coefficient (Wildman–Crippen LogP) is 2.63. The lowest BCUT2D eigenvalue weighted by Gasteiger charge is -2.22. The van der Waals surface area contributed by atoms with Crippen molar-refractivity contribution in [1.29, 1.82) is 0 Å². The van der Waals surface area contributed by atoms with Crippen molar-refractivity contribution in [1.82, 2.24) is 4.72 Å². The summed E-state index contributed by atoms with van der Waals surface area (Å²) in [5.74, 6) is -0.129. The highest BCUT2D eigenvalue weighted by Crippen LogP contribution is 2.16. The van der Waals surface area contributed by atoms with Crippen LogP contribution < -0.4 is 9.62 Å². The number of anilines is 1. The minimum absolute atomic E-state index is 0.129. The van der Waals surface area contributed by atoms with Crippen LogP contribution in [0.1, 0.15) is 18.1 Å². The van der Waals surface area contributed by atoms with Gasteiger partial charge in [-0.2, -0.15) is 0 Å². The highest BCUT2D eigenvalue weighted by molar-refractivity contribution is 7.89. The Hall–Kier alpha value is -2.18. The Morgan fingerprint density at radius 3 is 2.25 bits per heavy atom. The van der Waals surface area contributed by atoms with Gasteiger partial charge in [-0.05, 0) is 49.2 Å². The fourth-order valence-electron chi connectivity index (χ4n) is 2.42. The van der Waals surface area contributed by atoms with Gasteiger partial charge in [-0.25, -0.2) is 13.1 Å². The maximum atomic E-state index is 12.3. The van der Waals surface area contributed by atoms with Crippen molar-refractivity contribution in [3.8, 4) is 0 Å². The van der Waals surface area contributed by atoms with Crippen LogP contribution in [0.25, 0.3) is 0 Å². The Morgan fingerprint density at radius 1 is 1.04 bits per heavy atom. The number of sulfonamides is 1. The zero-order valence-electron chi connectivity index (χ0n) is 14.1. The molecule has 5 nitrogen and oxygen atoms in total. The lowest BCUT2D eigenvalue weighted by Crippen LogP contribution is -2.37. The van der Waals surface area contributed by atoms with Gasteiger partial charge in [0.2, 0.25) is 15.9 Å². The third-order valence-corrected chi connectivity index (χ3v) is 5.08. The number of aryl methyl sites for hydroxylation is 2. The van der Waals surface area contributed by atoms with Crippen LogP contribution in [0.4, 0.5) is 5.69 Å². The Kier molecular flexibility index (Phi) is 5.75. The van der Waals surface area contributed by atoms with E-state index in [-0.39, 0.29) is 23.9 Å². The Morgan fingerprint density at radius 2 is 1.67 bits per heavy atom. The van der Waals surface area contributed by atoms with Crippen molar-refractivity contribution in [2.24, 2.45) is 0 Å². The van der Waals surface area contributed by atoms with E-state index in [1.807, 2.05) is 44.2 Å². The molecule has 0 heterocycles. The van der Waals surface area contributed by atoms with Gasteiger partial charge in [0.05, 0.1) is 4.90 Å². The zero-order chi connectivity index (χ0) is 17.7. The monoisotopic (exact) mass is 346 g/mol. The Bertz CT molecular complexity index is 832. The van der Waals surface area contributed by atoms with E-state index in [0.29, 0.717) is 0 Å². The molecule has 0 aliphatic rings. The zero-order valence-corrected chi connectivity index (χ0v) is 14.9. The van der Waals surface area contributed by atoms with Crippen molar-refractivity contribution in [3.63, 3.8) is 0 Å². The molecule has 0 saturated heterocycles. The van der Waals surface area contributed by atoms with E-state index in [9.17, 15) is 13.2 Å². The maximum Gasteiger partial charge on any atom is 0.240 e. The van der Waals surface area contributed by atoms with Gasteiger partial charge in [0.25, 0.3) is 0 Å². The molecular weight excluding hydrogens is 324 g/mol. The fraction of sp³-hybridized carbons (Fsp3) is 0.278. The highest BCUT2D eigenvalue weighted by atomic mass is 32.2. The first-order chi connectivity index (χ1) is 11.3. The van der Waals surface area contributed by atoms with Crippen LogP contribution in [0.3, 0.4) is 0 Å². The summed E-state index contributed by atoms with van der Waals surface area (Å²) in [4.78, 5) is 13.7. The molecule has 0 aromatic heterocycles. The number of nitrogens with zero attached hydrogens (tertiary/aromatic N) is 1. The van der Waals surface area contributed by atoms with E-state index in [4.69, 9.17) is 0 Å². The van der Waals surface area contributed by atoms with Gasteiger partial charge in [0.1, 0.15) is 0 Å². The molecule has 6 heteroatoms. The number of amides is 1. The lowest BCUT2D eigenvalue weighted by atomic mass is 10.2. The molecule has 0 bridgehead atoms. The van der Waals surface area contributed by atoms with Crippen molar-refractivity contribution >= 4 is 21.6 Å². The average molecular weight is 346 g/mol. The van der Waals surface area contributed by atoms with Gasteiger partial charge in [0.15, 0.2) is 0 Å². The van der Waals surface area contributed by atoms with Gasteiger partial charge in [-0.15, -0.1) is 0 Å². The molecule has 2 rings (SSSR count). The number of rotatable bonds is 6. The molecule has 0 fully saturated rings. The number of hydrogen-bond acceptors (Lipinski definition) is 3. The van der Waals surface area contributed by atoms with Crippen molar-refractivity contribution in [2.45, 2.75) is 25.7 Å². The molecule has 0 radical (unpaired) electrons. The largest absolute Gasteiger partial charge is 0.311 e. The van der Waals surface area contributed by atoms with Gasteiger partial charge < -0.3 is 4.90 Å². The van der Waals surface area contributed by atoms with E-state index < -0.39 is 10.0 Å². The molecule has 2 aromatic carbocycles. The quantitative estimate of drug-likeness (QED) is 0.874. The van der Waals surface area contributed by atoms with Gasteiger partial charge in [-0.3, -0.25) is 4.79 Å². The third-order valence-electron chi connectivity index (χ3n) is 3.62. The van der Waals surface area contributed by atoms with Crippen LogP contribution in [0.2, 0.25) is 0 Å². The molecule has 0 unspecified atom stereocenters. The normalized spacial score (nSPS) is 11.3. The van der Waals surface area contributed by atoms with E-state index in [0.717, 1.165) is 16.8 Å². The van der Waals surface area contributed by atoms with Crippen LogP contribution in [0.15, 0.2) is 53.4 Å². The van der Waals surface area contributed by atoms with E-state index in [1.165, 1.54) is 6.92 Å². The summed E-state index contributed by atoms with van der Waals surface area (Å²) >= 11 is 0. The second-order valence-electron chi connectivity index (χ2n) is 5.72. The summed E-state index contributed by atoms with van der Waals surface area (Å²) in [5, 5.41) is 0. The first-order valence-electron chi connectivity index (χ1n) is 7.71. The topological polar surface area (TPSA) is 66.5 Å². The van der Waals surface area contributed by atoms with E-state index >= 15 is 0 Å². The lowest BCUT2D eigenvalue weighted by molar-refractivity contribution is -0.116. The maximum absolute atomic E-state index is 12.3. The summed E-state index contributed by atoms with van der Waals surface area (Å²) in [7, 11) is -3.58. The molecule has 0 aliphatic heterocycles. The molecule has 2 aromatic rings. The molecule has 0 atom stereocenters. The second-order valence-corrected chi connectivity index (χ2v) is 7.49. The smallest absolute Gasteiger partial charge is 0.240 e. The number of carbonyl (C=O) groups excluding carboxylic acids is 1. The van der Waals surface area contributed by atoms with Crippen molar-refractivity contribution in [2.75, 3.05) is 18.0 Å². The number of nitrogens with one attached hydrogen (secondary N) is 1. The fourth-order valence-corrected chi connectivity index (χ4v) is 3.55. The molecule has 0 aliphatic carbocycles.